The number of ether oxygens (including phenoxy) is 1. The van der Waals surface area contributed by atoms with Gasteiger partial charge < -0.3 is 20.2 Å². The first-order valence-corrected chi connectivity index (χ1v) is 6.89. The number of alkyl halides is 2. The molecule has 1 amide bonds. The molecule has 8 nitrogen and oxygen atoms in total. The number of benzene rings is 1. The molecule has 0 atom stereocenters. The first-order valence-electron chi connectivity index (χ1n) is 6.89. The van der Waals surface area contributed by atoms with Crippen LogP contribution < -0.4 is 10.1 Å². The summed E-state index contributed by atoms with van der Waals surface area (Å²) in [6.07, 6.45) is -0.0390. The monoisotopic (exact) mass is 340 g/mol. The molecule has 0 bridgehead atoms. The van der Waals surface area contributed by atoms with E-state index in [9.17, 15) is 23.7 Å². The third-order valence-corrected chi connectivity index (χ3v) is 3.08. The number of carbonyl (C=O) groups excluding carboxylic acids is 1. The molecule has 2 rings (SSSR count). The van der Waals surface area contributed by atoms with Crippen molar-refractivity contribution in [3.63, 3.8) is 0 Å². The Morgan fingerprint density at radius 3 is 2.79 bits per heavy atom. The zero-order valence-corrected chi connectivity index (χ0v) is 12.6. The van der Waals surface area contributed by atoms with Crippen LogP contribution in [0, 0.1) is 17.0 Å². The number of nitrogens with one attached hydrogen (secondary N) is 1. The van der Waals surface area contributed by atoms with Crippen LogP contribution in [0.5, 0.6) is 5.75 Å². The number of nitro groups is 1. The largest absolute Gasteiger partial charge is 0.433 e. The van der Waals surface area contributed by atoms with Crippen molar-refractivity contribution in [1.82, 2.24) is 9.78 Å². The number of amides is 1. The van der Waals surface area contributed by atoms with Gasteiger partial charge in [0.25, 0.3) is 0 Å². The summed E-state index contributed by atoms with van der Waals surface area (Å²) in [6.45, 7) is -1.26. The maximum atomic E-state index is 12.3. The molecule has 0 aliphatic carbocycles. The molecule has 0 fully saturated rings. The smallest absolute Gasteiger partial charge is 0.390 e. The third-order valence-electron chi connectivity index (χ3n) is 3.08. The molecule has 1 aromatic carbocycles. The second kappa shape index (κ2) is 7.49. The first kappa shape index (κ1) is 17.3. The van der Waals surface area contributed by atoms with Crippen LogP contribution in [0.2, 0.25) is 0 Å². The maximum absolute atomic E-state index is 12.3. The summed E-state index contributed by atoms with van der Waals surface area (Å²) in [4.78, 5) is 22.0. The highest BCUT2D eigenvalue weighted by atomic mass is 19.3. The number of anilines is 1. The fraction of sp³-hybridized carbons (Fsp3) is 0.286. The van der Waals surface area contributed by atoms with Gasteiger partial charge >= 0.3 is 12.4 Å². The van der Waals surface area contributed by atoms with Crippen LogP contribution in [-0.2, 0) is 11.3 Å². The van der Waals surface area contributed by atoms with Gasteiger partial charge in [0.15, 0.2) is 0 Å². The quantitative estimate of drug-likeness (QED) is 0.617. The summed E-state index contributed by atoms with van der Waals surface area (Å²) in [5, 5.41) is 16.9. The van der Waals surface area contributed by atoms with Crippen LogP contribution in [0.1, 0.15) is 12.1 Å². The van der Waals surface area contributed by atoms with Gasteiger partial charge in [-0.1, -0.05) is 12.1 Å². The topological polar surface area (TPSA) is 99.3 Å². The molecule has 0 saturated heterocycles. The van der Waals surface area contributed by atoms with Crippen molar-refractivity contribution in [2.24, 2.45) is 0 Å². The fourth-order valence-corrected chi connectivity index (χ4v) is 2.00. The van der Waals surface area contributed by atoms with Crippen LogP contribution in [0.3, 0.4) is 0 Å². The summed E-state index contributed by atoms with van der Waals surface area (Å²) in [5.74, 6) is -0.909. The van der Waals surface area contributed by atoms with Gasteiger partial charge in [0.2, 0.25) is 5.91 Å². The van der Waals surface area contributed by atoms with E-state index in [4.69, 9.17) is 0 Å². The van der Waals surface area contributed by atoms with Gasteiger partial charge in [-0.05, 0) is 24.0 Å². The molecule has 0 aliphatic rings. The maximum Gasteiger partial charge on any atom is 0.390 e. The number of hydrogen-bond acceptors (Lipinski definition) is 5. The molecule has 10 heteroatoms. The van der Waals surface area contributed by atoms with E-state index in [1.165, 1.54) is 28.9 Å². The van der Waals surface area contributed by atoms with E-state index < -0.39 is 17.4 Å². The predicted molar refractivity (Wildman–Crippen MR) is 79.9 cm³/mol. The normalized spacial score (nSPS) is 10.7. The Bertz CT molecular complexity index is 748. The molecule has 1 heterocycles. The minimum absolute atomic E-state index is 0.0390. The van der Waals surface area contributed by atoms with Gasteiger partial charge in [-0.2, -0.15) is 13.5 Å². The van der Waals surface area contributed by atoms with E-state index in [2.05, 4.69) is 15.2 Å². The van der Waals surface area contributed by atoms with E-state index in [0.29, 0.717) is 5.69 Å². The number of hydrogen-bond donors (Lipinski definition) is 1. The lowest BCUT2D eigenvalue weighted by Gasteiger charge is -2.11. The minimum Gasteiger partial charge on any atom is -0.433 e. The van der Waals surface area contributed by atoms with Gasteiger partial charge in [0.1, 0.15) is 5.75 Å². The Balaban J connectivity index is 1.98. The number of carbonyl (C=O) groups is 1. The Hall–Kier alpha value is -3.04. The van der Waals surface area contributed by atoms with Crippen molar-refractivity contribution in [2.45, 2.75) is 26.5 Å². The highest BCUT2D eigenvalue weighted by Crippen LogP contribution is 2.25. The van der Waals surface area contributed by atoms with Gasteiger partial charge in [0.05, 0.1) is 29.1 Å². The predicted octanol–water partition coefficient (Wildman–Crippen LogP) is 2.73. The van der Waals surface area contributed by atoms with Crippen molar-refractivity contribution < 1.29 is 23.2 Å². The van der Waals surface area contributed by atoms with Crippen LogP contribution in [0.15, 0.2) is 30.3 Å². The van der Waals surface area contributed by atoms with Crippen molar-refractivity contribution in [1.29, 1.82) is 0 Å². The van der Waals surface area contributed by atoms with Crippen molar-refractivity contribution >= 4 is 17.4 Å². The van der Waals surface area contributed by atoms with Gasteiger partial charge in [0, 0.05) is 6.42 Å². The third kappa shape index (κ3) is 4.48. The number of halogens is 2. The molecule has 128 valence electrons. The van der Waals surface area contributed by atoms with Crippen LogP contribution in [0.4, 0.5) is 20.3 Å². The van der Waals surface area contributed by atoms with Crippen LogP contribution in [-0.4, -0.2) is 27.2 Å². The molecule has 2 aromatic rings. The second-order valence-electron chi connectivity index (χ2n) is 4.80. The summed E-state index contributed by atoms with van der Waals surface area (Å²) in [7, 11) is 0. The highest BCUT2D eigenvalue weighted by molar-refractivity contribution is 5.92. The summed E-state index contributed by atoms with van der Waals surface area (Å²) in [5.41, 5.74) is 0.655. The van der Waals surface area contributed by atoms with E-state index in [1.807, 2.05) is 0 Å². The zero-order chi connectivity index (χ0) is 17.7. The second-order valence-corrected chi connectivity index (χ2v) is 4.80. The summed E-state index contributed by atoms with van der Waals surface area (Å²) in [6, 6.07) is 7.10. The van der Waals surface area contributed by atoms with E-state index in [-0.39, 0.29) is 30.2 Å². The number of rotatable bonds is 7. The van der Waals surface area contributed by atoms with E-state index in [1.54, 1.807) is 13.0 Å². The zero-order valence-electron chi connectivity index (χ0n) is 12.6. The SMILES string of the molecule is Cc1cc([N+](=O)[O-])nn1CCC(=O)Nc1ccccc1OC(F)F. The number of nitrogens with zero attached hydrogens (tertiary/aromatic N) is 3. The standard InChI is InChI=1S/C14H14F2N4O4/c1-9-8-12(20(22)23)18-19(9)7-6-13(21)17-10-4-2-3-5-11(10)24-14(15)16/h2-5,8,14H,6-7H2,1H3,(H,17,21). The van der Waals surface area contributed by atoms with Crippen molar-refractivity contribution in [3.05, 3.63) is 46.1 Å². The highest BCUT2D eigenvalue weighted by Gasteiger charge is 2.17. The van der Waals surface area contributed by atoms with Gasteiger partial charge in [-0.15, -0.1) is 0 Å². The first-order chi connectivity index (χ1) is 11.4. The van der Waals surface area contributed by atoms with Crippen LogP contribution in [0.25, 0.3) is 0 Å². The average Bonchev–Trinajstić information content (AvgIpc) is 2.88. The van der Waals surface area contributed by atoms with Crippen molar-refractivity contribution in [3.8, 4) is 5.75 Å². The average molecular weight is 340 g/mol. The summed E-state index contributed by atoms with van der Waals surface area (Å²) < 4.78 is 30.3. The molecular formula is C14H14F2N4O4. The molecule has 0 aliphatic heterocycles. The molecule has 1 N–H and O–H groups in total. The lowest BCUT2D eigenvalue weighted by atomic mass is 10.2. The molecule has 0 saturated carbocycles. The molecule has 0 spiro atoms. The van der Waals surface area contributed by atoms with E-state index in [0.717, 1.165) is 0 Å². The van der Waals surface area contributed by atoms with E-state index >= 15 is 0 Å². The Morgan fingerprint density at radius 2 is 2.17 bits per heavy atom. The number of aromatic nitrogens is 2. The number of para-hydroxylation sites is 2. The van der Waals surface area contributed by atoms with Crippen molar-refractivity contribution in [2.75, 3.05) is 5.32 Å². The fourth-order valence-electron chi connectivity index (χ4n) is 2.00. The minimum atomic E-state index is -3.00. The van der Waals surface area contributed by atoms with Gasteiger partial charge in [-0.25, -0.2) is 0 Å². The Morgan fingerprint density at radius 1 is 1.46 bits per heavy atom. The Kier molecular flexibility index (Phi) is 5.40. The molecule has 1 aromatic heterocycles. The number of aryl methyl sites for hydroxylation is 2. The van der Waals surface area contributed by atoms with Crippen LogP contribution >= 0.6 is 0 Å². The molecule has 0 radical (unpaired) electrons. The summed E-state index contributed by atoms with van der Waals surface area (Å²) >= 11 is 0. The van der Waals surface area contributed by atoms with Gasteiger partial charge in [-0.3, -0.25) is 4.79 Å². The Labute approximate surface area is 135 Å². The molecule has 0 unspecified atom stereocenters. The molecular weight excluding hydrogens is 326 g/mol. The lowest BCUT2D eigenvalue weighted by molar-refractivity contribution is -0.389. The molecule has 24 heavy (non-hydrogen) atoms. The lowest BCUT2D eigenvalue weighted by Crippen LogP contribution is -2.16.